The highest BCUT2D eigenvalue weighted by molar-refractivity contribution is 8.00. The topological polar surface area (TPSA) is 62.6 Å². The maximum absolute atomic E-state index is 10.6. The first-order valence-corrected chi connectivity index (χ1v) is 8.46. The van der Waals surface area contributed by atoms with E-state index in [-0.39, 0.29) is 5.25 Å². The first kappa shape index (κ1) is 14.5. The molecule has 2 N–H and O–H groups in total. The number of fused-ring (bicyclic) bond motifs is 3. The molecule has 4 atom stereocenters. The molecule has 2 aliphatic rings. The van der Waals surface area contributed by atoms with Gasteiger partial charge in [-0.25, -0.2) is 0 Å². The zero-order chi connectivity index (χ0) is 15.5. The minimum absolute atomic E-state index is 0.232. The summed E-state index contributed by atoms with van der Waals surface area (Å²) in [5.74, 6) is 0. The number of rotatable bonds is 0. The molecule has 116 valence electrons. The summed E-state index contributed by atoms with van der Waals surface area (Å²) in [5.41, 5.74) is 3.04. The number of thioether (sulfide) groups is 1. The van der Waals surface area contributed by atoms with Gasteiger partial charge in [0.2, 0.25) is 0 Å². The van der Waals surface area contributed by atoms with Crippen molar-refractivity contribution in [2.45, 2.75) is 49.3 Å². The van der Waals surface area contributed by atoms with Gasteiger partial charge in [0.25, 0.3) is 0 Å². The molecule has 0 radical (unpaired) electrons. The molecule has 1 saturated heterocycles. The molecular formula is C17H19NO3S. The fourth-order valence-corrected chi connectivity index (χ4v) is 5.23. The van der Waals surface area contributed by atoms with E-state index in [2.05, 4.69) is 24.0 Å². The van der Waals surface area contributed by atoms with Gasteiger partial charge in [-0.3, -0.25) is 4.98 Å². The highest BCUT2D eigenvalue weighted by atomic mass is 32.2. The highest BCUT2D eigenvalue weighted by Gasteiger charge is 2.53. The molecule has 1 fully saturated rings. The molecule has 5 heteroatoms. The van der Waals surface area contributed by atoms with E-state index in [9.17, 15) is 10.2 Å². The molecule has 0 saturated carbocycles. The van der Waals surface area contributed by atoms with Crippen LogP contribution in [0.5, 0.6) is 0 Å². The fraction of sp³-hybridized carbons (Fsp3) is 0.471. The number of aryl methyl sites for hydroxylation is 1. The maximum atomic E-state index is 10.6. The predicted molar refractivity (Wildman–Crippen MR) is 86.6 cm³/mol. The Kier molecular flexibility index (Phi) is 3.24. The van der Waals surface area contributed by atoms with E-state index in [0.29, 0.717) is 13.0 Å². The molecule has 0 bridgehead atoms. The van der Waals surface area contributed by atoms with Gasteiger partial charge in [0, 0.05) is 28.1 Å². The van der Waals surface area contributed by atoms with E-state index >= 15 is 0 Å². The van der Waals surface area contributed by atoms with E-state index < -0.39 is 17.1 Å². The Bertz CT molecular complexity index is 750. The molecule has 0 aliphatic carbocycles. The van der Waals surface area contributed by atoms with Crippen molar-refractivity contribution in [3.63, 3.8) is 0 Å². The Morgan fingerprint density at radius 3 is 3.00 bits per heavy atom. The van der Waals surface area contributed by atoms with Crippen LogP contribution in [0.15, 0.2) is 24.4 Å². The van der Waals surface area contributed by atoms with Crippen molar-refractivity contribution in [1.29, 1.82) is 0 Å². The Labute approximate surface area is 133 Å². The lowest BCUT2D eigenvalue weighted by Crippen LogP contribution is -2.49. The van der Waals surface area contributed by atoms with Crippen LogP contribution in [-0.4, -0.2) is 32.7 Å². The van der Waals surface area contributed by atoms with Gasteiger partial charge in [-0.2, -0.15) is 0 Å². The molecule has 4 rings (SSSR count). The zero-order valence-electron chi connectivity index (χ0n) is 12.6. The van der Waals surface area contributed by atoms with Crippen LogP contribution in [0.25, 0.3) is 10.8 Å². The minimum atomic E-state index is -0.913. The van der Waals surface area contributed by atoms with Gasteiger partial charge in [0.1, 0.15) is 6.10 Å². The van der Waals surface area contributed by atoms with Crippen LogP contribution < -0.4 is 0 Å². The standard InChI is InChI=1S/C17H19NO3S/c1-9-5-15(19)16(20)17(22-9)14-7-13-10(2)18-4-3-11(13)6-12(14)8-21-17/h3-4,6-7,9,15-16,19-20H,5,8H2,1-2H3/t9?,15?,16-,17+/m1/s1. The van der Waals surface area contributed by atoms with E-state index in [1.807, 2.05) is 19.2 Å². The lowest BCUT2D eigenvalue weighted by Gasteiger charge is -2.43. The zero-order valence-corrected chi connectivity index (χ0v) is 13.4. The van der Waals surface area contributed by atoms with E-state index in [0.717, 1.165) is 27.6 Å². The normalized spacial score (nSPS) is 34.3. The summed E-state index contributed by atoms with van der Waals surface area (Å²) in [5, 5.41) is 23.3. The summed E-state index contributed by atoms with van der Waals surface area (Å²) >= 11 is 1.61. The smallest absolute Gasteiger partial charge is 0.168 e. The Morgan fingerprint density at radius 1 is 1.36 bits per heavy atom. The Morgan fingerprint density at radius 2 is 2.18 bits per heavy atom. The molecule has 2 unspecified atom stereocenters. The number of nitrogens with zero attached hydrogens (tertiary/aromatic N) is 1. The monoisotopic (exact) mass is 317 g/mol. The molecule has 1 spiro atoms. The Hall–Kier alpha value is -1.14. The van der Waals surface area contributed by atoms with E-state index in [4.69, 9.17) is 4.74 Å². The van der Waals surface area contributed by atoms with Crippen LogP contribution in [0.1, 0.15) is 30.2 Å². The van der Waals surface area contributed by atoms with Crippen molar-refractivity contribution in [2.75, 3.05) is 0 Å². The van der Waals surface area contributed by atoms with Crippen molar-refractivity contribution in [3.05, 3.63) is 41.2 Å². The van der Waals surface area contributed by atoms with Gasteiger partial charge in [0.15, 0.2) is 4.93 Å². The number of aliphatic hydroxyl groups excluding tert-OH is 2. The number of ether oxygens (including phenoxy) is 1. The molecule has 3 heterocycles. The van der Waals surface area contributed by atoms with Crippen molar-refractivity contribution < 1.29 is 14.9 Å². The van der Waals surface area contributed by atoms with E-state index in [1.54, 1.807) is 11.8 Å². The van der Waals surface area contributed by atoms with Gasteiger partial charge in [-0.15, -0.1) is 11.8 Å². The van der Waals surface area contributed by atoms with E-state index in [1.165, 1.54) is 0 Å². The number of hydrogen-bond donors (Lipinski definition) is 2. The maximum Gasteiger partial charge on any atom is 0.168 e. The highest BCUT2D eigenvalue weighted by Crippen LogP contribution is 2.54. The number of pyridine rings is 1. The van der Waals surface area contributed by atoms with Crippen LogP contribution in [0.2, 0.25) is 0 Å². The molecule has 22 heavy (non-hydrogen) atoms. The Balaban J connectivity index is 1.92. The van der Waals surface area contributed by atoms with Gasteiger partial charge in [0.05, 0.1) is 12.7 Å². The van der Waals surface area contributed by atoms with Gasteiger partial charge < -0.3 is 14.9 Å². The number of aliphatic hydroxyl groups is 2. The quantitative estimate of drug-likeness (QED) is 0.781. The number of aromatic nitrogens is 1. The summed E-state index contributed by atoms with van der Waals surface area (Å²) in [6.07, 6.45) is 0.726. The second kappa shape index (κ2) is 4.93. The molecule has 4 nitrogen and oxygen atoms in total. The van der Waals surface area contributed by atoms with Gasteiger partial charge >= 0.3 is 0 Å². The SMILES string of the molecule is Cc1nccc2cc3c(cc12)[C@]1(OC3)SC(C)CC(O)[C@H]1O. The molecule has 2 aliphatic heterocycles. The summed E-state index contributed by atoms with van der Waals surface area (Å²) in [4.78, 5) is 3.50. The second-order valence-corrected chi connectivity index (χ2v) is 7.91. The summed E-state index contributed by atoms with van der Waals surface area (Å²) in [6, 6.07) is 6.20. The first-order valence-electron chi connectivity index (χ1n) is 7.58. The molecule has 1 aromatic heterocycles. The molecule has 2 aromatic rings. The number of hydrogen-bond acceptors (Lipinski definition) is 5. The summed E-state index contributed by atoms with van der Waals surface area (Å²) in [6.45, 7) is 4.52. The van der Waals surface area contributed by atoms with Crippen molar-refractivity contribution >= 4 is 22.5 Å². The third-order valence-electron chi connectivity index (χ3n) is 4.71. The fourth-order valence-electron chi connectivity index (χ4n) is 3.60. The second-order valence-electron chi connectivity index (χ2n) is 6.26. The molecular weight excluding hydrogens is 298 g/mol. The van der Waals surface area contributed by atoms with Crippen molar-refractivity contribution in [1.82, 2.24) is 4.98 Å². The summed E-state index contributed by atoms with van der Waals surface area (Å²) < 4.78 is 6.05. The van der Waals surface area contributed by atoms with Gasteiger partial charge in [-0.05, 0) is 42.5 Å². The van der Waals surface area contributed by atoms with Crippen LogP contribution in [-0.2, 0) is 16.3 Å². The molecule has 1 aromatic carbocycles. The van der Waals surface area contributed by atoms with Crippen molar-refractivity contribution in [3.8, 4) is 0 Å². The lowest BCUT2D eigenvalue weighted by atomic mass is 9.92. The largest absolute Gasteiger partial charge is 0.390 e. The first-order chi connectivity index (χ1) is 10.5. The van der Waals surface area contributed by atoms with Crippen molar-refractivity contribution in [2.24, 2.45) is 0 Å². The van der Waals surface area contributed by atoms with Gasteiger partial charge in [-0.1, -0.05) is 6.92 Å². The molecule has 0 amide bonds. The lowest BCUT2D eigenvalue weighted by molar-refractivity contribution is -0.114. The average molecular weight is 317 g/mol. The third kappa shape index (κ3) is 1.93. The third-order valence-corrected chi connectivity index (χ3v) is 6.23. The number of benzene rings is 1. The predicted octanol–water partition coefficient (Wildman–Crippen LogP) is 2.47. The van der Waals surface area contributed by atoms with Crippen LogP contribution in [0, 0.1) is 6.92 Å². The average Bonchev–Trinajstić information content (AvgIpc) is 2.82. The van der Waals surface area contributed by atoms with Crippen LogP contribution in [0.3, 0.4) is 0 Å². The van der Waals surface area contributed by atoms with Crippen LogP contribution in [0.4, 0.5) is 0 Å². The van der Waals surface area contributed by atoms with Crippen LogP contribution >= 0.6 is 11.8 Å². The summed E-state index contributed by atoms with van der Waals surface area (Å²) in [7, 11) is 0. The minimum Gasteiger partial charge on any atom is -0.390 e.